The van der Waals surface area contributed by atoms with Crippen molar-refractivity contribution in [2.45, 2.75) is 26.2 Å². The molecule has 0 bridgehead atoms. The number of ketones is 1. The first-order chi connectivity index (χ1) is 9.15. The summed E-state index contributed by atoms with van der Waals surface area (Å²) in [6.07, 6.45) is 3.30. The zero-order valence-electron chi connectivity index (χ0n) is 10.9. The van der Waals surface area contributed by atoms with Crippen LogP contribution in [0.2, 0.25) is 0 Å². The molecule has 0 saturated carbocycles. The Morgan fingerprint density at radius 1 is 1.05 bits per heavy atom. The molecule has 3 rings (SSSR count). The molecule has 0 aromatic heterocycles. The Labute approximate surface area is 112 Å². The molecule has 0 atom stereocenters. The SMILES string of the molecule is Cc1ccc(F)cc1C(=O)c1ccc2c(c1)CCC2. The van der Waals surface area contributed by atoms with Gasteiger partial charge in [-0.25, -0.2) is 4.39 Å². The van der Waals surface area contributed by atoms with Gasteiger partial charge in [-0.2, -0.15) is 0 Å². The van der Waals surface area contributed by atoms with Crippen LogP contribution in [0.5, 0.6) is 0 Å². The summed E-state index contributed by atoms with van der Waals surface area (Å²) in [4.78, 5) is 12.5. The second-order valence-corrected chi connectivity index (χ2v) is 5.13. The van der Waals surface area contributed by atoms with Gasteiger partial charge in [-0.05, 0) is 61.1 Å². The summed E-state index contributed by atoms with van der Waals surface area (Å²) >= 11 is 0. The number of carbonyl (C=O) groups is 1. The molecule has 96 valence electrons. The molecule has 0 unspecified atom stereocenters. The van der Waals surface area contributed by atoms with E-state index in [0.29, 0.717) is 11.1 Å². The average molecular weight is 254 g/mol. The third-order valence-electron chi connectivity index (χ3n) is 3.80. The number of fused-ring (bicyclic) bond motifs is 1. The molecule has 2 aromatic rings. The van der Waals surface area contributed by atoms with Crippen LogP contribution in [0.15, 0.2) is 36.4 Å². The van der Waals surface area contributed by atoms with Crippen molar-refractivity contribution in [1.29, 1.82) is 0 Å². The van der Waals surface area contributed by atoms with E-state index in [1.807, 2.05) is 25.1 Å². The number of hydrogen-bond acceptors (Lipinski definition) is 1. The standard InChI is InChI=1S/C17H15FO/c1-11-5-8-15(18)10-16(11)17(19)14-7-6-12-3-2-4-13(12)9-14/h5-10H,2-4H2,1H3. The van der Waals surface area contributed by atoms with E-state index in [2.05, 4.69) is 0 Å². The topological polar surface area (TPSA) is 17.1 Å². The van der Waals surface area contributed by atoms with Crippen LogP contribution in [-0.4, -0.2) is 5.78 Å². The third-order valence-corrected chi connectivity index (χ3v) is 3.80. The van der Waals surface area contributed by atoms with E-state index in [0.717, 1.165) is 24.8 Å². The highest BCUT2D eigenvalue weighted by molar-refractivity contribution is 6.10. The first-order valence-corrected chi connectivity index (χ1v) is 6.58. The highest BCUT2D eigenvalue weighted by Crippen LogP contribution is 2.24. The van der Waals surface area contributed by atoms with Crippen molar-refractivity contribution >= 4 is 5.78 Å². The van der Waals surface area contributed by atoms with Gasteiger partial charge in [0.25, 0.3) is 0 Å². The monoisotopic (exact) mass is 254 g/mol. The fourth-order valence-corrected chi connectivity index (χ4v) is 2.71. The molecule has 2 aromatic carbocycles. The van der Waals surface area contributed by atoms with Gasteiger partial charge < -0.3 is 0 Å². The lowest BCUT2D eigenvalue weighted by molar-refractivity contribution is 0.103. The Balaban J connectivity index is 2.02. The fraction of sp³-hybridized carbons (Fsp3) is 0.235. The Hall–Kier alpha value is -1.96. The predicted molar refractivity (Wildman–Crippen MR) is 73.0 cm³/mol. The van der Waals surface area contributed by atoms with Gasteiger partial charge in [0.15, 0.2) is 5.78 Å². The molecular weight excluding hydrogens is 239 g/mol. The third kappa shape index (κ3) is 2.19. The highest BCUT2D eigenvalue weighted by Gasteiger charge is 2.16. The minimum Gasteiger partial charge on any atom is -0.289 e. The van der Waals surface area contributed by atoms with E-state index in [4.69, 9.17) is 0 Å². The lowest BCUT2D eigenvalue weighted by Crippen LogP contribution is -2.05. The molecule has 0 amide bonds. The molecule has 19 heavy (non-hydrogen) atoms. The fourth-order valence-electron chi connectivity index (χ4n) is 2.71. The van der Waals surface area contributed by atoms with E-state index >= 15 is 0 Å². The molecule has 0 spiro atoms. The van der Waals surface area contributed by atoms with Gasteiger partial charge in [0.2, 0.25) is 0 Å². The molecular formula is C17H15FO. The number of aryl methyl sites for hydroxylation is 3. The molecule has 0 saturated heterocycles. The Morgan fingerprint density at radius 2 is 1.84 bits per heavy atom. The van der Waals surface area contributed by atoms with Crippen molar-refractivity contribution in [2.24, 2.45) is 0 Å². The molecule has 2 heteroatoms. The maximum Gasteiger partial charge on any atom is 0.193 e. The Morgan fingerprint density at radius 3 is 2.68 bits per heavy atom. The zero-order chi connectivity index (χ0) is 13.4. The lowest BCUT2D eigenvalue weighted by atomic mass is 9.96. The van der Waals surface area contributed by atoms with Crippen molar-refractivity contribution in [3.63, 3.8) is 0 Å². The molecule has 1 nitrogen and oxygen atoms in total. The first-order valence-electron chi connectivity index (χ1n) is 6.58. The zero-order valence-corrected chi connectivity index (χ0v) is 10.9. The van der Waals surface area contributed by atoms with Crippen LogP contribution in [-0.2, 0) is 12.8 Å². The minimum absolute atomic E-state index is 0.0910. The molecule has 0 fully saturated rings. The second-order valence-electron chi connectivity index (χ2n) is 5.13. The number of benzene rings is 2. The maximum atomic E-state index is 13.3. The summed E-state index contributed by atoms with van der Waals surface area (Å²) in [6, 6.07) is 10.2. The minimum atomic E-state index is -0.366. The molecule has 0 radical (unpaired) electrons. The van der Waals surface area contributed by atoms with Crippen LogP contribution in [0.25, 0.3) is 0 Å². The van der Waals surface area contributed by atoms with Gasteiger partial charge in [-0.1, -0.05) is 18.2 Å². The largest absolute Gasteiger partial charge is 0.289 e. The predicted octanol–water partition coefficient (Wildman–Crippen LogP) is 3.85. The Kier molecular flexibility index (Phi) is 2.94. The summed E-state index contributed by atoms with van der Waals surface area (Å²) in [6.45, 7) is 1.83. The quantitative estimate of drug-likeness (QED) is 0.744. The highest BCUT2D eigenvalue weighted by atomic mass is 19.1. The van der Waals surface area contributed by atoms with Crippen molar-refractivity contribution < 1.29 is 9.18 Å². The molecule has 0 heterocycles. The number of rotatable bonds is 2. The lowest BCUT2D eigenvalue weighted by Gasteiger charge is -2.07. The van der Waals surface area contributed by atoms with Crippen LogP contribution < -0.4 is 0 Å². The molecule has 0 N–H and O–H groups in total. The number of halogens is 1. The molecule has 0 aliphatic heterocycles. The van der Waals surface area contributed by atoms with E-state index < -0.39 is 0 Å². The second kappa shape index (κ2) is 4.61. The van der Waals surface area contributed by atoms with Gasteiger partial charge >= 0.3 is 0 Å². The van der Waals surface area contributed by atoms with Gasteiger partial charge in [0.1, 0.15) is 5.82 Å². The van der Waals surface area contributed by atoms with Crippen LogP contribution in [0.4, 0.5) is 4.39 Å². The van der Waals surface area contributed by atoms with Crippen molar-refractivity contribution in [3.8, 4) is 0 Å². The van der Waals surface area contributed by atoms with E-state index in [9.17, 15) is 9.18 Å². The van der Waals surface area contributed by atoms with Crippen molar-refractivity contribution in [2.75, 3.05) is 0 Å². The number of carbonyl (C=O) groups excluding carboxylic acids is 1. The van der Waals surface area contributed by atoms with Crippen molar-refractivity contribution in [1.82, 2.24) is 0 Å². The summed E-state index contributed by atoms with van der Waals surface area (Å²) < 4.78 is 13.3. The van der Waals surface area contributed by atoms with Crippen molar-refractivity contribution in [3.05, 3.63) is 70.0 Å². The molecule has 1 aliphatic carbocycles. The van der Waals surface area contributed by atoms with Gasteiger partial charge in [0.05, 0.1) is 0 Å². The van der Waals surface area contributed by atoms with Gasteiger partial charge in [-0.3, -0.25) is 4.79 Å². The smallest absolute Gasteiger partial charge is 0.193 e. The number of hydrogen-bond donors (Lipinski definition) is 0. The first kappa shape index (κ1) is 12.1. The normalized spacial score (nSPS) is 13.4. The summed E-state index contributed by atoms with van der Waals surface area (Å²) in [7, 11) is 0. The van der Waals surface area contributed by atoms with Crippen LogP contribution >= 0.6 is 0 Å². The van der Waals surface area contributed by atoms with Crippen LogP contribution in [0.3, 0.4) is 0 Å². The Bertz CT molecular complexity index is 658. The van der Waals surface area contributed by atoms with Crippen LogP contribution in [0.1, 0.15) is 39.0 Å². The maximum absolute atomic E-state index is 13.3. The van der Waals surface area contributed by atoms with E-state index in [1.165, 1.54) is 23.3 Å². The van der Waals surface area contributed by atoms with E-state index in [1.54, 1.807) is 6.07 Å². The summed E-state index contributed by atoms with van der Waals surface area (Å²) in [5, 5.41) is 0. The molecule has 1 aliphatic rings. The van der Waals surface area contributed by atoms with Gasteiger partial charge in [-0.15, -0.1) is 0 Å². The summed E-state index contributed by atoms with van der Waals surface area (Å²) in [5.74, 6) is -0.457. The van der Waals surface area contributed by atoms with E-state index in [-0.39, 0.29) is 11.6 Å². The van der Waals surface area contributed by atoms with Crippen LogP contribution in [0, 0.1) is 12.7 Å². The van der Waals surface area contributed by atoms with Gasteiger partial charge in [0, 0.05) is 11.1 Å². The average Bonchev–Trinajstić information content (AvgIpc) is 2.88. The summed E-state index contributed by atoms with van der Waals surface area (Å²) in [5.41, 5.74) is 4.53.